The predicted molar refractivity (Wildman–Crippen MR) is 79.2 cm³/mol. The van der Waals surface area contributed by atoms with Crippen molar-refractivity contribution in [3.05, 3.63) is 45.2 Å². The van der Waals surface area contributed by atoms with Gasteiger partial charge < -0.3 is 0 Å². The Kier molecular flexibility index (Phi) is 5.04. The van der Waals surface area contributed by atoms with Gasteiger partial charge in [0.2, 0.25) is 0 Å². The Bertz CT molecular complexity index is 588. The van der Waals surface area contributed by atoms with E-state index in [1.807, 2.05) is 0 Å². The molecule has 1 heterocycles. The number of hydrazine groups is 1. The zero-order valence-electron chi connectivity index (χ0n) is 11.2. The number of nitrogens with zero attached hydrogens (tertiary/aromatic N) is 2. The third-order valence-corrected chi connectivity index (χ3v) is 4.17. The van der Waals surface area contributed by atoms with E-state index in [1.165, 1.54) is 17.6 Å². The van der Waals surface area contributed by atoms with Crippen LogP contribution in [0.1, 0.15) is 41.9 Å². The topological polar surface area (TPSA) is 63.8 Å². The van der Waals surface area contributed by atoms with Gasteiger partial charge in [0.15, 0.2) is 0 Å². The molecule has 1 unspecified atom stereocenters. The second-order valence-corrected chi connectivity index (χ2v) is 6.04. The van der Waals surface area contributed by atoms with E-state index >= 15 is 0 Å². The van der Waals surface area contributed by atoms with Gasteiger partial charge >= 0.3 is 0 Å². The fourth-order valence-electron chi connectivity index (χ4n) is 1.98. The van der Waals surface area contributed by atoms with Crippen LogP contribution in [0.4, 0.5) is 4.39 Å². The average molecular weight is 315 g/mol. The SMILES string of the molecule is CC(C)c1nnsc1C(Cc1ccc(F)c(Cl)c1)NN. The minimum absolute atomic E-state index is 0.116. The molecule has 1 atom stereocenters. The van der Waals surface area contributed by atoms with Crippen LogP contribution in [-0.4, -0.2) is 9.59 Å². The smallest absolute Gasteiger partial charge is 0.141 e. The Morgan fingerprint density at radius 1 is 1.45 bits per heavy atom. The fraction of sp³-hybridized carbons (Fsp3) is 0.385. The van der Waals surface area contributed by atoms with Gasteiger partial charge in [0.1, 0.15) is 5.82 Å². The molecule has 2 rings (SSSR count). The van der Waals surface area contributed by atoms with Crippen molar-refractivity contribution >= 4 is 23.1 Å². The first-order valence-electron chi connectivity index (χ1n) is 6.25. The highest BCUT2D eigenvalue weighted by molar-refractivity contribution is 7.05. The van der Waals surface area contributed by atoms with Crippen molar-refractivity contribution in [3.63, 3.8) is 0 Å². The van der Waals surface area contributed by atoms with Crippen LogP contribution >= 0.6 is 23.1 Å². The molecule has 0 radical (unpaired) electrons. The molecule has 0 saturated heterocycles. The average Bonchev–Trinajstić information content (AvgIpc) is 2.89. The molecule has 0 spiro atoms. The van der Waals surface area contributed by atoms with E-state index in [0.29, 0.717) is 6.42 Å². The molecule has 0 saturated carbocycles. The van der Waals surface area contributed by atoms with Crippen molar-refractivity contribution in [2.24, 2.45) is 5.84 Å². The lowest BCUT2D eigenvalue weighted by Gasteiger charge is -2.16. The summed E-state index contributed by atoms with van der Waals surface area (Å²) in [5.74, 6) is 5.50. The lowest BCUT2D eigenvalue weighted by Crippen LogP contribution is -2.29. The molecular weight excluding hydrogens is 299 g/mol. The van der Waals surface area contributed by atoms with E-state index in [2.05, 4.69) is 28.9 Å². The minimum atomic E-state index is -0.421. The van der Waals surface area contributed by atoms with E-state index in [0.717, 1.165) is 16.1 Å². The first-order chi connectivity index (χ1) is 9.52. The highest BCUT2D eigenvalue weighted by Gasteiger charge is 2.20. The van der Waals surface area contributed by atoms with E-state index in [9.17, 15) is 4.39 Å². The molecule has 7 heteroatoms. The first-order valence-corrected chi connectivity index (χ1v) is 7.40. The zero-order chi connectivity index (χ0) is 14.7. The molecule has 0 aliphatic heterocycles. The van der Waals surface area contributed by atoms with E-state index < -0.39 is 5.82 Å². The summed E-state index contributed by atoms with van der Waals surface area (Å²) in [7, 11) is 0. The van der Waals surface area contributed by atoms with E-state index in [-0.39, 0.29) is 17.0 Å². The molecule has 1 aromatic carbocycles. The Morgan fingerprint density at radius 2 is 2.20 bits per heavy atom. The van der Waals surface area contributed by atoms with Gasteiger partial charge in [-0.2, -0.15) is 0 Å². The minimum Gasteiger partial charge on any atom is -0.271 e. The predicted octanol–water partition coefficient (Wildman–Crippen LogP) is 3.20. The number of halogens is 2. The summed E-state index contributed by atoms with van der Waals surface area (Å²) >= 11 is 7.12. The maximum Gasteiger partial charge on any atom is 0.141 e. The van der Waals surface area contributed by atoms with Gasteiger partial charge in [0, 0.05) is 0 Å². The normalized spacial score (nSPS) is 12.9. The lowest BCUT2D eigenvalue weighted by molar-refractivity contribution is 0.550. The van der Waals surface area contributed by atoms with Crippen LogP contribution in [0.3, 0.4) is 0 Å². The fourth-order valence-corrected chi connectivity index (χ4v) is 3.04. The Labute approximate surface area is 126 Å². The molecule has 108 valence electrons. The van der Waals surface area contributed by atoms with Crippen LogP contribution in [0.2, 0.25) is 5.02 Å². The summed E-state index contributed by atoms with van der Waals surface area (Å²) in [5, 5.41) is 4.26. The van der Waals surface area contributed by atoms with Crippen LogP contribution in [0.25, 0.3) is 0 Å². The summed E-state index contributed by atoms with van der Waals surface area (Å²) in [4.78, 5) is 1.00. The zero-order valence-corrected chi connectivity index (χ0v) is 12.8. The van der Waals surface area contributed by atoms with Gasteiger partial charge in [-0.05, 0) is 41.6 Å². The second kappa shape index (κ2) is 6.58. The molecule has 4 nitrogen and oxygen atoms in total. The van der Waals surface area contributed by atoms with Crippen LogP contribution < -0.4 is 11.3 Å². The molecule has 20 heavy (non-hydrogen) atoms. The Morgan fingerprint density at radius 3 is 2.80 bits per heavy atom. The number of benzene rings is 1. The number of nitrogens with one attached hydrogen (secondary N) is 1. The van der Waals surface area contributed by atoms with Gasteiger partial charge in [-0.3, -0.25) is 11.3 Å². The molecule has 2 aromatic rings. The van der Waals surface area contributed by atoms with Gasteiger partial charge in [0.25, 0.3) is 0 Å². The molecule has 0 aliphatic carbocycles. The molecule has 0 bridgehead atoms. The molecule has 3 N–H and O–H groups in total. The highest BCUT2D eigenvalue weighted by Crippen LogP contribution is 2.29. The first kappa shape index (κ1) is 15.3. The Balaban J connectivity index is 2.24. The van der Waals surface area contributed by atoms with Crippen LogP contribution in [0, 0.1) is 5.82 Å². The van der Waals surface area contributed by atoms with Gasteiger partial charge in [0.05, 0.1) is 21.6 Å². The molecule has 0 amide bonds. The lowest BCUT2D eigenvalue weighted by atomic mass is 10.0. The summed E-state index contributed by atoms with van der Waals surface area (Å²) in [5.41, 5.74) is 4.62. The van der Waals surface area contributed by atoms with Crippen molar-refractivity contribution in [2.75, 3.05) is 0 Å². The number of aromatic nitrogens is 2. The summed E-state index contributed by atoms with van der Waals surface area (Å²) in [6.45, 7) is 4.12. The van der Waals surface area contributed by atoms with E-state index in [1.54, 1.807) is 12.1 Å². The van der Waals surface area contributed by atoms with Crippen molar-refractivity contribution in [1.82, 2.24) is 15.0 Å². The Hall–Kier alpha value is -1.08. The number of rotatable bonds is 5. The molecule has 0 aliphatic rings. The highest BCUT2D eigenvalue weighted by atomic mass is 35.5. The third-order valence-electron chi connectivity index (χ3n) is 3.03. The quantitative estimate of drug-likeness (QED) is 0.657. The van der Waals surface area contributed by atoms with Crippen LogP contribution in [-0.2, 0) is 6.42 Å². The number of hydrogen-bond donors (Lipinski definition) is 2. The van der Waals surface area contributed by atoms with Crippen molar-refractivity contribution < 1.29 is 4.39 Å². The summed E-state index contributed by atoms with van der Waals surface area (Å²) < 4.78 is 17.2. The molecule has 1 aromatic heterocycles. The van der Waals surface area contributed by atoms with Crippen molar-refractivity contribution in [1.29, 1.82) is 0 Å². The third kappa shape index (κ3) is 3.32. The standard InChI is InChI=1S/C13H16ClFN4S/c1-7(2)12-13(20-19-18-12)11(17-16)6-8-3-4-10(15)9(14)5-8/h3-5,7,11,17H,6,16H2,1-2H3. The molecular formula is C13H16ClFN4S. The second-order valence-electron chi connectivity index (χ2n) is 4.85. The van der Waals surface area contributed by atoms with Crippen molar-refractivity contribution in [2.45, 2.75) is 32.2 Å². The van der Waals surface area contributed by atoms with Gasteiger partial charge in [-0.25, -0.2) is 4.39 Å². The van der Waals surface area contributed by atoms with Crippen LogP contribution in [0.15, 0.2) is 18.2 Å². The monoisotopic (exact) mass is 314 g/mol. The number of hydrogen-bond acceptors (Lipinski definition) is 5. The summed E-state index contributed by atoms with van der Waals surface area (Å²) in [6.07, 6.45) is 0.597. The van der Waals surface area contributed by atoms with Crippen LogP contribution in [0.5, 0.6) is 0 Å². The van der Waals surface area contributed by atoms with Gasteiger partial charge in [-0.15, -0.1) is 5.10 Å². The number of nitrogens with two attached hydrogens (primary N) is 1. The maximum atomic E-state index is 13.2. The van der Waals surface area contributed by atoms with E-state index in [4.69, 9.17) is 17.4 Å². The summed E-state index contributed by atoms with van der Waals surface area (Å²) in [6, 6.07) is 4.56. The van der Waals surface area contributed by atoms with Crippen molar-refractivity contribution in [3.8, 4) is 0 Å². The molecule has 0 fully saturated rings. The van der Waals surface area contributed by atoms with Gasteiger partial charge in [-0.1, -0.05) is 36.0 Å². The maximum absolute atomic E-state index is 13.2. The largest absolute Gasteiger partial charge is 0.271 e.